The van der Waals surface area contributed by atoms with Crippen LogP contribution in [0.25, 0.3) is 6.08 Å². The van der Waals surface area contributed by atoms with E-state index >= 15 is 0 Å². The molecule has 31 heavy (non-hydrogen) atoms. The highest BCUT2D eigenvalue weighted by Crippen LogP contribution is 2.35. The minimum atomic E-state index is -0.717. The summed E-state index contributed by atoms with van der Waals surface area (Å²) in [5, 5.41) is 0. The van der Waals surface area contributed by atoms with E-state index in [0.29, 0.717) is 37.7 Å². The van der Waals surface area contributed by atoms with E-state index in [9.17, 15) is 9.59 Å². The molecule has 0 saturated carbocycles. The van der Waals surface area contributed by atoms with E-state index in [2.05, 4.69) is 27.6 Å². The predicted molar refractivity (Wildman–Crippen MR) is 125 cm³/mol. The quantitative estimate of drug-likeness (QED) is 0.361. The molecule has 0 fully saturated rings. The Morgan fingerprint density at radius 2 is 2.10 bits per heavy atom. The molecule has 1 atom stereocenters. The van der Waals surface area contributed by atoms with Crippen LogP contribution >= 0.6 is 33.9 Å². The summed E-state index contributed by atoms with van der Waals surface area (Å²) in [5.41, 5.74) is 1.25. The summed E-state index contributed by atoms with van der Waals surface area (Å²) in [6.07, 6.45) is 1.69. The molecule has 1 aliphatic rings. The second kappa shape index (κ2) is 8.83. The molecule has 0 saturated heterocycles. The number of allylic oxidation sites excluding steroid dienone is 1. The fourth-order valence-electron chi connectivity index (χ4n) is 3.51. The molecule has 1 unspecified atom stereocenters. The Kier molecular flexibility index (Phi) is 6.15. The second-order valence-electron chi connectivity index (χ2n) is 6.69. The zero-order chi connectivity index (χ0) is 22.1. The summed E-state index contributed by atoms with van der Waals surface area (Å²) in [6, 6.07) is 10.2. The van der Waals surface area contributed by atoms with Crippen LogP contribution < -0.4 is 19.6 Å². The highest BCUT2D eigenvalue weighted by atomic mass is 127. The number of halogens is 1. The Morgan fingerprint density at radius 1 is 1.32 bits per heavy atom. The molecule has 0 radical (unpaired) electrons. The number of nitrogens with zero attached hydrogens (tertiary/aromatic N) is 2. The molecule has 9 heteroatoms. The van der Waals surface area contributed by atoms with Gasteiger partial charge in [-0.2, -0.15) is 0 Å². The summed E-state index contributed by atoms with van der Waals surface area (Å²) >= 11 is 3.32. The van der Waals surface area contributed by atoms with Crippen molar-refractivity contribution in [3.8, 4) is 5.75 Å². The lowest BCUT2D eigenvalue weighted by Gasteiger charge is -2.25. The lowest BCUT2D eigenvalue weighted by molar-refractivity contribution is -0.139. The molecule has 0 aliphatic carbocycles. The van der Waals surface area contributed by atoms with Crippen LogP contribution in [0.2, 0.25) is 0 Å². The van der Waals surface area contributed by atoms with Crippen molar-refractivity contribution in [1.29, 1.82) is 0 Å². The molecule has 1 aromatic carbocycles. The number of esters is 1. The van der Waals surface area contributed by atoms with Crippen LogP contribution in [0.1, 0.15) is 31.2 Å². The first-order valence-electron chi connectivity index (χ1n) is 9.52. The number of hydrogen-bond acceptors (Lipinski definition) is 7. The molecule has 0 amide bonds. The fraction of sp³-hybridized carbons (Fsp3) is 0.227. The van der Waals surface area contributed by atoms with Crippen molar-refractivity contribution in [1.82, 2.24) is 4.57 Å². The number of carbonyl (C=O) groups is 1. The average Bonchev–Trinajstić information content (AvgIpc) is 3.29. The van der Waals surface area contributed by atoms with Crippen molar-refractivity contribution >= 4 is 46.0 Å². The summed E-state index contributed by atoms with van der Waals surface area (Å²) in [6.45, 7) is 3.71. The molecule has 2 aromatic heterocycles. The summed E-state index contributed by atoms with van der Waals surface area (Å²) in [4.78, 5) is 31.4. The van der Waals surface area contributed by atoms with Gasteiger partial charge in [-0.15, -0.1) is 0 Å². The molecule has 4 rings (SSSR count). The first-order valence-corrected chi connectivity index (χ1v) is 11.4. The lowest BCUT2D eigenvalue weighted by atomic mass is 9.95. The number of para-hydroxylation sites is 1. The van der Waals surface area contributed by atoms with Gasteiger partial charge in [0.25, 0.3) is 5.56 Å². The van der Waals surface area contributed by atoms with E-state index in [1.54, 1.807) is 39.2 Å². The van der Waals surface area contributed by atoms with Gasteiger partial charge in [0.15, 0.2) is 8.57 Å². The van der Waals surface area contributed by atoms with Gasteiger partial charge in [-0.1, -0.05) is 29.5 Å². The van der Waals surface area contributed by atoms with Gasteiger partial charge in [-0.25, -0.2) is 9.79 Å². The smallest absolute Gasteiger partial charge is 0.338 e. The zero-order valence-corrected chi connectivity index (χ0v) is 20.0. The molecule has 3 heterocycles. The van der Waals surface area contributed by atoms with Crippen molar-refractivity contribution in [3.05, 3.63) is 82.4 Å². The number of carbonyl (C=O) groups excluding carboxylic acids is 1. The number of aromatic nitrogens is 1. The van der Waals surface area contributed by atoms with Gasteiger partial charge < -0.3 is 13.9 Å². The maximum Gasteiger partial charge on any atom is 0.338 e. The van der Waals surface area contributed by atoms with Gasteiger partial charge in [0.1, 0.15) is 17.6 Å². The van der Waals surface area contributed by atoms with Gasteiger partial charge in [0, 0.05) is 11.6 Å². The number of thiazole rings is 1. The maximum absolute atomic E-state index is 13.5. The first-order chi connectivity index (χ1) is 14.9. The third-order valence-corrected chi connectivity index (χ3v) is 6.38. The Labute approximate surface area is 195 Å². The largest absolute Gasteiger partial charge is 0.496 e. The number of fused-ring (bicyclic) bond motifs is 1. The molecule has 0 N–H and O–H groups in total. The highest BCUT2D eigenvalue weighted by molar-refractivity contribution is 14.1. The van der Waals surface area contributed by atoms with Gasteiger partial charge in [0.2, 0.25) is 0 Å². The zero-order valence-electron chi connectivity index (χ0n) is 17.0. The lowest BCUT2D eigenvalue weighted by Crippen LogP contribution is -2.40. The van der Waals surface area contributed by atoms with E-state index in [1.807, 2.05) is 24.3 Å². The van der Waals surface area contributed by atoms with Crippen LogP contribution in [-0.2, 0) is 9.53 Å². The van der Waals surface area contributed by atoms with E-state index in [-0.39, 0.29) is 12.2 Å². The molecular weight excluding hydrogens is 531 g/mol. The number of hydrogen-bond donors (Lipinski definition) is 0. The Morgan fingerprint density at radius 3 is 2.77 bits per heavy atom. The van der Waals surface area contributed by atoms with E-state index < -0.39 is 12.0 Å². The average molecular weight is 550 g/mol. The van der Waals surface area contributed by atoms with Crippen LogP contribution in [0.3, 0.4) is 0 Å². The number of benzene rings is 1. The van der Waals surface area contributed by atoms with Gasteiger partial charge in [-0.3, -0.25) is 9.36 Å². The van der Waals surface area contributed by atoms with Crippen molar-refractivity contribution in [2.24, 2.45) is 4.99 Å². The van der Waals surface area contributed by atoms with Crippen molar-refractivity contribution in [3.63, 3.8) is 0 Å². The Bertz CT molecular complexity index is 1360. The minimum Gasteiger partial charge on any atom is -0.496 e. The minimum absolute atomic E-state index is 0.218. The van der Waals surface area contributed by atoms with E-state index in [1.165, 1.54) is 15.9 Å². The van der Waals surface area contributed by atoms with Crippen LogP contribution in [0, 0.1) is 3.77 Å². The molecule has 3 aromatic rings. The normalized spacial score (nSPS) is 16.1. The summed E-state index contributed by atoms with van der Waals surface area (Å²) in [5.74, 6) is 0.638. The van der Waals surface area contributed by atoms with E-state index in [4.69, 9.17) is 13.9 Å². The number of rotatable bonds is 5. The standard InChI is InChI=1S/C22H19IN2O5S/c1-4-29-21(27)18-12(2)24-22-25(19(18)14-7-5-6-8-15(14)28-3)20(26)16(31-22)11-13-9-10-17(23)30-13/h5-11,19H,4H2,1-3H3/b16-11+. The molecule has 0 bridgehead atoms. The maximum atomic E-state index is 13.5. The van der Waals surface area contributed by atoms with Crippen molar-refractivity contribution in [2.75, 3.05) is 13.7 Å². The molecule has 160 valence electrons. The van der Waals surface area contributed by atoms with Crippen LogP contribution in [-0.4, -0.2) is 24.3 Å². The highest BCUT2D eigenvalue weighted by Gasteiger charge is 2.34. The predicted octanol–water partition coefficient (Wildman–Crippen LogP) is 3.00. The summed E-state index contributed by atoms with van der Waals surface area (Å²) < 4.78 is 19.1. The number of ether oxygens (including phenoxy) is 2. The topological polar surface area (TPSA) is 83.0 Å². The monoisotopic (exact) mass is 550 g/mol. The van der Waals surface area contributed by atoms with Gasteiger partial charge in [0.05, 0.1) is 29.5 Å². The first kappa shape index (κ1) is 21.6. The Hall–Kier alpha value is -2.66. The van der Waals surface area contributed by atoms with Gasteiger partial charge >= 0.3 is 5.97 Å². The molecule has 1 aliphatic heterocycles. The Balaban J connectivity index is 2.00. The van der Waals surface area contributed by atoms with Crippen LogP contribution in [0.5, 0.6) is 5.75 Å². The summed E-state index contributed by atoms with van der Waals surface area (Å²) in [7, 11) is 1.56. The second-order valence-corrected chi connectivity index (χ2v) is 8.76. The number of furan rings is 1. The molecule has 0 spiro atoms. The van der Waals surface area contributed by atoms with Crippen molar-refractivity contribution < 1.29 is 18.7 Å². The SMILES string of the molecule is CCOC(=O)C1=C(C)N=c2s/c(=C/c3ccc(I)o3)c(=O)n2C1c1ccccc1OC. The number of methoxy groups -OCH3 is 1. The van der Waals surface area contributed by atoms with Crippen LogP contribution in [0.15, 0.2) is 61.9 Å². The van der Waals surface area contributed by atoms with Gasteiger partial charge in [-0.05, 0) is 54.6 Å². The van der Waals surface area contributed by atoms with Crippen molar-refractivity contribution in [2.45, 2.75) is 19.9 Å². The fourth-order valence-corrected chi connectivity index (χ4v) is 4.97. The van der Waals surface area contributed by atoms with Crippen LogP contribution in [0.4, 0.5) is 0 Å². The van der Waals surface area contributed by atoms with E-state index in [0.717, 1.165) is 3.77 Å². The third-order valence-electron chi connectivity index (χ3n) is 4.82. The molecule has 7 nitrogen and oxygen atoms in total. The third kappa shape index (κ3) is 3.99. The molecular formula is C22H19IN2O5S.